The molecule has 1 saturated carbocycles. The quantitative estimate of drug-likeness (QED) is 0.610. The van der Waals surface area contributed by atoms with Gasteiger partial charge in [0.05, 0.1) is 0 Å². The van der Waals surface area contributed by atoms with Crippen LogP contribution in [0.4, 0.5) is 0 Å². The number of nitrogens with zero attached hydrogens (tertiary/aromatic N) is 2. The van der Waals surface area contributed by atoms with Gasteiger partial charge in [-0.3, -0.25) is 4.99 Å². The van der Waals surface area contributed by atoms with Crippen LogP contribution >= 0.6 is 0 Å². The van der Waals surface area contributed by atoms with Crippen LogP contribution in [0.1, 0.15) is 19.3 Å². The Hall–Kier alpha value is -0.730. The van der Waals surface area contributed by atoms with Crippen LogP contribution in [0.25, 0.3) is 0 Å². The number of fused-ring (bicyclic) bond motifs is 1. The molecule has 3 heteroatoms. The SMILES string of the molecule is C1CC(C2CC2)N2CCNC2=N1. The Balaban J connectivity index is 1.82. The fourth-order valence-corrected chi connectivity index (χ4v) is 2.39. The average Bonchev–Trinajstić information content (AvgIpc) is 2.82. The molecule has 0 amide bonds. The normalized spacial score (nSPS) is 34.2. The molecule has 1 unspecified atom stereocenters. The highest BCUT2D eigenvalue weighted by atomic mass is 15.4. The number of hydrogen-bond acceptors (Lipinski definition) is 3. The maximum absolute atomic E-state index is 4.48. The lowest BCUT2D eigenvalue weighted by Crippen LogP contribution is -2.43. The van der Waals surface area contributed by atoms with Crippen molar-refractivity contribution in [2.75, 3.05) is 19.6 Å². The summed E-state index contributed by atoms with van der Waals surface area (Å²) in [5.74, 6) is 2.17. The third-order valence-corrected chi connectivity index (χ3v) is 3.16. The summed E-state index contributed by atoms with van der Waals surface area (Å²) in [4.78, 5) is 6.97. The third kappa shape index (κ3) is 0.919. The summed E-state index contributed by atoms with van der Waals surface area (Å²) >= 11 is 0. The Morgan fingerprint density at radius 2 is 2.25 bits per heavy atom. The van der Waals surface area contributed by atoms with Gasteiger partial charge in [0, 0.05) is 25.7 Å². The van der Waals surface area contributed by atoms with E-state index in [1.165, 1.54) is 31.8 Å². The molecular weight excluding hydrogens is 150 g/mol. The van der Waals surface area contributed by atoms with Crippen molar-refractivity contribution in [3.05, 3.63) is 0 Å². The van der Waals surface area contributed by atoms with Crippen LogP contribution in [-0.4, -0.2) is 36.5 Å². The zero-order chi connectivity index (χ0) is 7.97. The minimum absolute atomic E-state index is 0.826. The molecule has 1 aliphatic carbocycles. The van der Waals surface area contributed by atoms with Gasteiger partial charge in [-0.05, 0) is 25.2 Å². The molecule has 66 valence electrons. The van der Waals surface area contributed by atoms with Crippen LogP contribution < -0.4 is 5.32 Å². The van der Waals surface area contributed by atoms with Gasteiger partial charge in [-0.25, -0.2) is 0 Å². The molecule has 1 atom stereocenters. The van der Waals surface area contributed by atoms with Gasteiger partial charge in [0.1, 0.15) is 0 Å². The highest BCUT2D eigenvalue weighted by Crippen LogP contribution is 2.38. The monoisotopic (exact) mass is 165 g/mol. The molecule has 1 N–H and O–H groups in total. The van der Waals surface area contributed by atoms with Crippen molar-refractivity contribution in [2.45, 2.75) is 25.3 Å². The fraction of sp³-hybridized carbons (Fsp3) is 0.889. The summed E-state index contributed by atoms with van der Waals surface area (Å²) in [5.41, 5.74) is 0. The topological polar surface area (TPSA) is 27.6 Å². The molecule has 0 spiro atoms. The average molecular weight is 165 g/mol. The maximum Gasteiger partial charge on any atom is 0.194 e. The van der Waals surface area contributed by atoms with Crippen molar-refractivity contribution in [1.29, 1.82) is 0 Å². The molecule has 3 nitrogen and oxygen atoms in total. The van der Waals surface area contributed by atoms with E-state index in [9.17, 15) is 0 Å². The van der Waals surface area contributed by atoms with Crippen molar-refractivity contribution in [3.8, 4) is 0 Å². The summed E-state index contributed by atoms with van der Waals surface area (Å²) in [6.07, 6.45) is 4.19. The van der Waals surface area contributed by atoms with E-state index in [0.29, 0.717) is 0 Å². The molecular formula is C9H15N3. The van der Waals surface area contributed by atoms with Gasteiger partial charge in [0.25, 0.3) is 0 Å². The first kappa shape index (κ1) is 6.75. The first-order valence-corrected chi connectivity index (χ1v) is 5.00. The molecule has 2 aliphatic heterocycles. The maximum atomic E-state index is 4.48. The zero-order valence-corrected chi connectivity index (χ0v) is 7.29. The minimum Gasteiger partial charge on any atom is -0.354 e. The van der Waals surface area contributed by atoms with E-state index < -0.39 is 0 Å². The number of hydrogen-bond donors (Lipinski definition) is 1. The molecule has 0 aromatic carbocycles. The van der Waals surface area contributed by atoms with Crippen LogP contribution in [0, 0.1) is 5.92 Å². The molecule has 12 heavy (non-hydrogen) atoms. The molecule has 0 aromatic heterocycles. The Morgan fingerprint density at radius 1 is 1.33 bits per heavy atom. The second kappa shape index (κ2) is 2.38. The Kier molecular flexibility index (Phi) is 1.34. The summed E-state index contributed by atoms with van der Waals surface area (Å²) < 4.78 is 0. The van der Waals surface area contributed by atoms with Crippen molar-refractivity contribution in [3.63, 3.8) is 0 Å². The first-order valence-electron chi connectivity index (χ1n) is 5.00. The number of guanidine groups is 1. The molecule has 2 heterocycles. The van der Waals surface area contributed by atoms with Crippen LogP contribution in [0.2, 0.25) is 0 Å². The highest BCUT2D eigenvalue weighted by Gasteiger charge is 2.39. The van der Waals surface area contributed by atoms with E-state index >= 15 is 0 Å². The molecule has 0 radical (unpaired) electrons. The predicted octanol–water partition coefficient (Wildman–Crippen LogP) is 0.430. The standard InChI is InChI=1S/C9H15N3/c1-2-7(1)8-3-4-10-9-11-5-6-12(8)9/h7-8H,1-6H2,(H,10,11). The minimum atomic E-state index is 0.826. The largest absolute Gasteiger partial charge is 0.354 e. The Labute approximate surface area is 72.8 Å². The summed E-state index contributed by atoms with van der Waals surface area (Å²) in [5, 5.41) is 3.35. The van der Waals surface area contributed by atoms with E-state index in [-0.39, 0.29) is 0 Å². The van der Waals surface area contributed by atoms with Crippen LogP contribution in [0.3, 0.4) is 0 Å². The van der Waals surface area contributed by atoms with Crippen LogP contribution in [0.15, 0.2) is 4.99 Å². The Bertz CT molecular complexity index is 220. The number of aliphatic imine (C=N–C) groups is 1. The van der Waals surface area contributed by atoms with E-state index in [0.717, 1.165) is 25.0 Å². The van der Waals surface area contributed by atoms with Gasteiger partial charge in [0.2, 0.25) is 0 Å². The van der Waals surface area contributed by atoms with Crippen molar-refractivity contribution < 1.29 is 0 Å². The summed E-state index contributed by atoms with van der Waals surface area (Å²) in [6, 6.07) is 0.826. The second-order valence-corrected chi connectivity index (χ2v) is 4.02. The van der Waals surface area contributed by atoms with E-state index in [1.54, 1.807) is 0 Å². The smallest absolute Gasteiger partial charge is 0.194 e. The summed E-state index contributed by atoms with van der Waals surface area (Å²) in [7, 11) is 0. The lowest BCUT2D eigenvalue weighted by Gasteiger charge is -2.31. The van der Waals surface area contributed by atoms with Crippen LogP contribution in [0.5, 0.6) is 0 Å². The number of nitrogens with one attached hydrogen (secondary N) is 1. The van der Waals surface area contributed by atoms with E-state index in [1.807, 2.05) is 0 Å². The lowest BCUT2D eigenvalue weighted by atomic mass is 10.1. The molecule has 0 aromatic rings. The van der Waals surface area contributed by atoms with Gasteiger partial charge in [0.15, 0.2) is 5.96 Å². The van der Waals surface area contributed by atoms with Crippen molar-refractivity contribution >= 4 is 5.96 Å². The van der Waals surface area contributed by atoms with Gasteiger partial charge >= 0.3 is 0 Å². The second-order valence-electron chi connectivity index (χ2n) is 4.02. The molecule has 3 aliphatic rings. The lowest BCUT2D eigenvalue weighted by molar-refractivity contribution is 0.278. The summed E-state index contributed by atoms with van der Waals surface area (Å²) in [6.45, 7) is 3.32. The zero-order valence-electron chi connectivity index (χ0n) is 7.29. The van der Waals surface area contributed by atoms with E-state index in [4.69, 9.17) is 0 Å². The fourth-order valence-electron chi connectivity index (χ4n) is 2.39. The molecule has 3 rings (SSSR count). The van der Waals surface area contributed by atoms with Gasteiger partial charge in [-0.15, -0.1) is 0 Å². The van der Waals surface area contributed by atoms with Crippen molar-refractivity contribution in [2.24, 2.45) is 10.9 Å². The first-order chi connectivity index (χ1) is 5.95. The van der Waals surface area contributed by atoms with Crippen LogP contribution in [-0.2, 0) is 0 Å². The third-order valence-electron chi connectivity index (χ3n) is 3.16. The van der Waals surface area contributed by atoms with Crippen molar-refractivity contribution in [1.82, 2.24) is 10.2 Å². The highest BCUT2D eigenvalue weighted by molar-refractivity contribution is 5.82. The van der Waals surface area contributed by atoms with Gasteiger partial charge in [-0.2, -0.15) is 0 Å². The Morgan fingerprint density at radius 3 is 3.08 bits per heavy atom. The van der Waals surface area contributed by atoms with E-state index in [2.05, 4.69) is 15.2 Å². The number of rotatable bonds is 1. The van der Waals surface area contributed by atoms with Gasteiger partial charge in [-0.1, -0.05) is 0 Å². The predicted molar refractivity (Wildman–Crippen MR) is 48.1 cm³/mol. The molecule has 2 fully saturated rings. The van der Waals surface area contributed by atoms with Gasteiger partial charge < -0.3 is 10.2 Å². The molecule has 1 saturated heterocycles. The molecule has 0 bridgehead atoms.